The average molecular weight is 294 g/mol. The van der Waals surface area contributed by atoms with E-state index < -0.39 is 5.97 Å². The number of carbonyl (C=O) groups is 2. The Morgan fingerprint density at radius 2 is 2.10 bits per heavy atom. The maximum absolute atomic E-state index is 12.6. The van der Waals surface area contributed by atoms with Crippen molar-refractivity contribution in [1.82, 2.24) is 0 Å². The minimum absolute atomic E-state index is 0.157. The first-order valence-electron chi connectivity index (χ1n) is 6.59. The first-order valence-corrected chi connectivity index (χ1v) is 7.63. The van der Waals surface area contributed by atoms with Crippen molar-refractivity contribution in [3.63, 3.8) is 0 Å². The van der Waals surface area contributed by atoms with Gasteiger partial charge in [0, 0.05) is 0 Å². The zero-order valence-corrected chi connectivity index (χ0v) is 11.9. The van der Waals surface area contributed by atoms with Crippen molar-refractivity contribution < 1.29 is 14.7 Å². The van der Waals surface area contributed by atoms with Crippen LogP contribution < -0.4 is 10.6 Å². The smallest absolute Gasteiger partial charge is 0.323 e. The lowest BCUT2D eigenvalue weighted by atomic mass is 10.1. The Hall–Kier alpha value is -1.69. The third-order valence-electron chi connectivity index (χ3n) is 3.24. The Labute approximate surface area is 122 Å². The van der Waals surface area contributed by atoms with Crippen molar-refractivity contribution in [3.8, 4) is 0 Å². The molecule has 1 fully saturated rings. The van der Waals surface area contributed by atoms with Crippen LogP contribution in [-0.4, -0.2) is 34.5 Å². The predicted octanol–water partition coefficient (Wildman–Crippen LogP) is 1.97. The van der Waals surface area contributed by atoms with E-state index in [2.05, 4.69) is 0 Å². The van der Waals surface area contributed by atoms with Crippen LogP contribution in [0.3, 0.4) is 0 Å². The summed E-state index contributed by atoms with van der Waals surface area (Å²) in [5.74, 6) is -0.251. The third-order valence-corrected chi connectivity index (χ3v) is 4.61. The normalized spacial score (nSPS) is 18.5. The van der Waals surface area contributed by atoms with Gasteiger partial charge in [-0.3, -0.25) is 14.5 Å². The summed E-state index contributed by atoms with van der Waals surface area (Å²) in [6.07, 6.45) is 2.92. The van der Waals surface area contributed by atoms with Crippen LogP contribution in [0.25, 0.3) is 0 Å². The Morgan fingerprint density at radius 3 is 2.70 bits per heavy atom. The second kappa shape index (κ2) is 6.65. The molecule has 3 N–H and O–H groups in total. The fourth-order valence-corrected chi connectivity index (χ4v) is 3.52. The molecule has 1 aliphatic heterocycles. The molecule has 1 unspecified atom stereocenters. The maximum atomic E-state index is 12.6. The lowest BCUT2D eigenvalue weighted by Gasteiger charge is -2.28. The number of rotatable bonds is 4. The lowest BCUT2D eigenvalue weighted by Crippen LogP contribution is -2.42. The highest BCUT2D eigenvalue weighted by Gasteiger charge is 2.29. The highest BCUT2D eigenvalue weighted by Crippen LogP contribution is 2.30. The van der Waals surface area contributed by atoms with E-state index in [1.54, 1.807) is 36.0 Å². The Kier molecular flexibility index (Phi) is 4.89. The molecule has 0 bridgehead atoms. The molecule has 0 aliphatic carbocycles. The summed E-state index contributed by atoms with van der Waals surface area (Å²) in [7, 11) is 0. The van der Waals surface area contributed by atoms with Crippen molar-refractivity contribution in [3.05, 3.63) is 24.3 Å². The number of benzene rings is 1. The molecule has 1 aromatic rings. The van der Waals surface area contributed by atoms with E-state index in [9.17, 15) is 9.59 Å². The molecule has 1 saturated heterocycles. The second-order valence-electron chi connectivity index (χ2n) is 4.73. The lowest BCUT2D eigenvalue weighted by molar-refractivity contribution is -0.136. The fourth-order valence-electron chi connectivity index (χ4n) is 2.26. The largest absolute Gasteiger partial charge is 0.480 e. The predicted molar refractivity (Wildman–Crippen MR) is 80.9 cm³/mol. The molecule has 0 aromatic heterocycles. The van der Waals surface area contributed by atoms with Gasteiger partial charge in [0.2, 0.25) is 5.91 Å². The number of nitrogens with zero attached hydrogens (tertiary/aromatic N) is 1. The van der Waals surface area contributed by atoms with E-state index in [0.29, 0.717) is 11.4 Å². The average Bonchev–Trinajstić information content (AvgIpc) is 2.46. The van der Waals surface area contributed by atoms with Gasteiger partial charge in [-0.2, -0.15) is 0 Å². The van der Waals surface area contributed by atoms with Crippen LogP contribution in [-0.2, 0) is 9.59 Å². The molecule has 1 amide bonds. The maximum Gasteiger partial charge on any atom is 0.323 e. The molecule has 20 heavy (non-hydrogen) atoms. The van der Waals surface area contributed by atoms with Crippen molar-refractivity contribution in [1.29, 1.82) is 0 Å². The Bertz CT molecular complexity index is 501. The topological polar surface area (TPSA) is 83.6 Å². The minimum atomic E-state index is -1.04. The summed E-state index contributed by atoms with van der Waals surface area (Å²) in [5.41, 5.74) is 6.77. The molecule has 0 spiro atoms. The molecular weight excluding hydrogens is 276 g/mol. The highest BCUT2D eigenvalue weighted by molar-refractivity contribution is 8.00. The molecular formula is C14H18N2O3S. The number of carboxylic acids is 1. The van der Waals surface area contributed by atoms with Gasteiger partial charge in [-0.1, -0.05) is 18.6 Å². The van der Waals surface area contributed by atoms with Gasteiger partial charge in [0.1, 0.15) is 6.54 Å². The van der Waals surface area contributed by atoms with E-state index in [4.69, 9.17) is 10.8 Å². The fraction of sp³-hybridized carbons (Fsp3) is 0.429. The van der Waals surface area contributed by atoms with Crippen LogP contribution in [0.1, 0.15) is 19.3 Å². The third kappa shape index (κ3) is 3.45. The number of hydrogen-bond donors (Lipinski definition) is 2. The SMILES string of the molecule is Nc1ccccc1N(CC(=O)O)C(=O)C1CCCCS1. The number of anilines is 2. The molecule has 2 rings (SSSR count). The number of para-hydroxylation sites is 2. The van der Waals surface area contributed by atoms with Gasteiger partial charge in [-0.15, -0.1) is 11.8 Å². The molecule has 6 heteroatoms. The monoisotopic (exact) mass is 294 g/mol. The van der Waals surface area contributed by atoms with Crippen LogP contribution in [0.5, 0.6) is 0 Å². The first-order chi connectivity index (χ1) is 9.59. The zero-order valence-electron chi connectivity index (χ0n) is 11.1. The van der Waals surface area contributed by atoms with Gasteiger partial charge in [0.05, 0.1) is 16.6 Å². The molecule has 1 aliphatic rings. The summed E-state index contributed by atoms with van der Waals surface area (Å²) < 4.78 is 0. The number of amides is 1. The van der Waals surface area contributed by atoms with Crippen molar-refractivity contribution in [2.45, 2.75) is 24.5 Å². The molecule has 1 heterocycles. The Balaban J connectivity index is 2.25. The Morgan fingerprint density at radius 1 is 1.35 bits per heavy atom. The van der Waals surface area contributed by atoms with E-state index >= 15 is 0 Å². The van der Waals surface area contributed by atoms with Gasteiger partial charge >= 0.3 is 5.97 Å². The summed E-state index contributed by atoms with van der Waals surface area (Å²) in [6.45, 7) is -0.357. The van der Waals surface area contributed by atoms with E-state index in [-0.39, 0.29) is 17.7 Å². The number of aliphatic carboxylic acids is 1. The van der Waals surface area contributed by atoms with Gasteiger partial charge in [0.25, 0.3) is 0 Å². The molecule has 0 radical (unpaired) electrons. The van der Waals surface area contributed by atoms with Gasteiger partial charge < -0.3 is 10.8 Å². The number of hydrogen-bond acceptors (Lipinski definition) is 4. The van der Waals surface area contributed by atoms with Crippen LogP contribution in [0.4, 0.5) is 11.4 Å². The minimum Gasteiger partial charge on any atom is -0.480 e. The van der Waals surface area contributed by atoms with Gasteiger partial charge in [-0.25, -0.2) is 0 Å². The summed E-state index contributed by atoms with van der Waals surface area (Å²) in [6, 6.07) is 6.87. The number of nitrogens with two attached hydrogens (primary N) is 1. The standard InChI is InChI=1S/C14H18N2O3S/c15-10-5-1-2-6-11(10)16(9-13(17)18)14(19)12-7-3-4-8-20-12/h1-2,5-6,12H,3-4,7-9,15H2,(H,17,18). The molecule has 1 aromatic carbocycles. The summed E-state index contributed by atoms with van der Waals surface area (Å²) in [4.78, 5) is 24.9. The van der Waals surface area contributed by atoms with Crippen LogP contribution in [0, 0.1) is 0 Å². The molecule has 5 nitrogen and oxygen atoms in total. The number of carbonyl (C=O) groups excluding carboxylic acids is 1. The van der Waals surface area contributed by atoms with Crippen molar-refractivity contribution in [2.24, 2.45) is 0 Å². The number of nitrogen functional groups attached to an aromatic ring is 1. The zero-order chi connectivity index (χ0) is 14.5. The van der Waals surface area contributed by atoms with Gasteiger partial charge in [0.15, 0.2) is 0 Å². The van der Waals surface area contributed by atoms with E-state index in [0.717, 1.165) is 25.0 Å². The molecule has 0 saturated carbocycles. The number of thioether (sulfide) groups is 1. The highest BCUT2D eigenvalue weighted by atomic mass is 32.2. The summed E-state index contributed by atoms with van der Waals surface area (Å²) in [5, 5.41) is 8.88. The van der Waals surface area contributed by atoms with E-state index in [1.165, 1.54) is 4.90 Å². The molecule has 1 atom stereocenters. The van der Waals surface area contributed by atoms with Crippen molar-refractivity contribution in [2.75, 3.05) is 22.9 Å². The molecule has 108 valence electrons. The van der Waals surface area contributed by atoms with Crippen LogP contribution in [0.15, 0.2) is 24.3 Å². The van der Waals surface area contributed by atoms with Crippen LogP contribution >= 0.6 is 11.8 Å². The summed E-state index contributed by atoms with van der Waals surface area (Å²) >= 11 is 1.60. The van der Waals surface area contributed by atoms with E-state index in [1.807, 2.05) is 0 Å². The number of carboxylic acid groups (broad SMARTS) is 1. The van der Waals surface area contributed by atoms with Crippen LogP contribution in [0.2, 0.25) is 0 Å². The second-order valence-corrected chi connectivity index (χ2v) is 6.04. The quantitative estimate of drug-likeness (QED) is 0.829. The first kappa shape index (κ1) is 14.7. The van der Waals surface area contributed by atoms with Gasteiger partial charge in [-0.05, 0) is 30.7 Å². The van der Waals surface area contributed by atoms with Crippen molar-refractivity contribution >= 4 is 35.0 Å².